The van der Waals surface area contributed by atoms with Crippen LogP contribution in [0.25, 0.3) is 0 Å². The number of rotatable bonds is 12. The molecule has 1 aromatic carbocycles. The second kappa shape index (κ2) is 22.3. The van der Waals surface area contributed by atoms with Crippen LogP contribution in [0.5, 0.6) is 0 Å². The molecule has 186 valence electrons. The van der Waals surface area contributed by atoms with Crippen molar-refractivity contribution >= 4 is 42.1 Å². The first-order valence-electron chi connectivity index (χ1n) is 9.74. The Morgan fingerprint density at radius 3 is 1.72 bits per heavy atom. The summed E-state index contributed by atoms with van der Waals surface area (Å²) in [5.41, 5.74) is 21.9. The number of carboxylic acids is 3. The van der Waals surface area contributed by atoms with E-state index >= 15 is 0 Å². The summed E-state index contributed by atoms with van der Waals surface area (Å²) in [6, 6.07) is 7.14. The van der Waals surface area contributed by atoms with E-state index in [4.69, 9.17) is 38.3 Å². The van der Waals surface area contributed by atoms with E-state index in [-0.39, 0.29) is 12.4 Å². The molecule has 0 amide bonds. The number of hydrogen-bond donors (Lipinski definition) is 7. The highest BCUT2D eigenvalue weighted by molar-refractivity contribution is 7.98. The number of thioether (sulfide) groups is 1. The van der Waals surface area contributed by atoms with Gasteiger partial charge in [-0.3, -0.25) is 14.4 Å². The van der Waals surface area contributed by atoms with Gasteiger partial charge in [0.15, 0.2) is 0 Å². The van der Waals surface area contributed by atoms with Gasteiger partial charge in [-0.15, -0.1) is 12.4 Å². The summed E-state index contributed by atoms with van der Waals surface area (Å²) in [5.74, 6) is -1.99. The number of aliphatic carboxylic acids is 3. The molecule has 0 fully saturated rings. The van der Waals surface area contributed by atoms with Crippen LogP contribution in [0.2, 0.25) is 0 Å². The molecule has 11 N–H and O–H groups in total. The van der Waals surface area contributed by atoms with Crippen molar-refractivity contribution in [3.63, 3.8) is 0 Å². The lowest BCUT2D eigenvalue weighted by molar-refractivity contribution is -0.139. The van der Waals surface area contributed by atoms with E-state index in [0.29, 0.717) is 25.8 Å². The molecule has 32 heavy (non-hydrogen) atoms. The highest BCUT2D eigenvalue weighted by atomic mass is 35.5. The minimum atomic E-state index is -0.959. The van der Waals surface area contributed by atoms with Crippen molar-refractivity contribution in [2.24, 2.45) is 22.9 Å². The largest absolute Gasteiger partial charge is 0.480 e. The predicted octanol–water partition coefficient (Wildman–Crippen LogP) is 0.742. The molecule has 0 aliphatic rings. The maximum atomic E-state index is 10.4. The van der Waals surface area contributed by atoms with E-state index in [1.807, 2.05) is 36.6 Å². The molecule has 0 aromatic heterocycles. The smallest absolute Gasteiger partial charge is 0.320 e. The Bertz CT molecular complexity index is 627. The van der Waals surface area contributed by atoms with E-state index < -0.39 is 36.0 Å². The first-order valence-corrected chi connectivity index (χ1v) is 11.1. The first-order chi connectivity index (χ1) is 14.6. The van der Waals surface area contributed by atoms with Gasteiger partial charge in [-0.05, 0) is 49.8 Å². The van der Waals surface area contributed by atoms with Gasteiger partial charge >= 0.3 is 17.9 Å². The highest BCUT2D eigenvalue weighted by Crippen LogP contribution is 2.01. The Hall–Kier alpha value is -1.89. The molecular formula is C20H37ClN4O6S. The van der Waals surface area contributed by atoms with E-state index in [0.717, 1.165) is 24.2 Å². The third-order valence-electron chi connectivity index (χ3n) is 3.85. The fourth-order valence-corrected chi connectivity index (χ4v) is 2.45. The molecule has 0 radical (unpaired) electrons. The van der Waals surface area contributed by atoms with Gasteiger partial charge < -0.3 is 38.3 Å². The van der Waals surface area contributed by atoms with Crippen molar-refractivity contribution in [3.05, 3.63) is 35.9 Å². The molecule has 12 heteroatoms. The van der Waals surface area contributed by atoms with Crippen LogP contribution >= 0.6 is 24.2 Å². The van der Waals surface area contributed by atoms with Gasteiger partial charge in [-0.1, -0.05) is 36.8 Å². The van der Waals surface area contributed by atoms with Gasteiger partial charge in [-0.2, -0.15) is 11.8 Å². The maximum Gasteiger partial charge on any atom is 0.320 e. The fourth-order valence-electron chi connectivity index (χ4n) is 1.96. The van der Waals surface area contributed by atoms with E-state index in [1.165, 1.54) is 0 Å². The zero-order valence-corrected chi connectivity index (χ0v) is 19.9. The van der Waals surface area contributed by atoms with Gasteiger partial charge in [0, 0.05) is 0 Å². The van der Waals surface area contributed by atoms with Gasteiger partial charge in [-0.25, -0.2) is 0 Å². The zero-order valence-electron chi connectivity index (χ0n) is 18.3. The lowest BCUT2D eigenvalue weighted by Crippen LogP contribution is -2.32. The topological polar surface area (TPSA) is 216 Å². The van der Waals surface area contributed by atoms with E-state index in [9.17, 15) is 14.4 Å². The molecule has 0 heterocycles. The molecule has 0 saturated carbocycles. The van der Waals surface area contributed by atoms with E-state index in [2.05, 4.69) is 0 Å². The molecule has 0 spiro atoms. The quantitative estimate of drug-likeness (QED) is 0.200. The summed E-state index contributed by atoms with van der Waals surface area (Å²) in [6.07, 6.45) is 5.03. The summed E-state index contributed by atoms with van der Waals surface area (Å²) in [6.45, 7) is 0.604. The van der Waals surface area contributed by atoms with Gasteiger partial charge in [0.05, 0.1) is 0 Å². The monoisotopic (exact) mass is 496 g/mol. The maximum absolute atomic E-state index is 10.4. The highest BCUT2D eigenvalue weighted by Gasteiger charge is 2.11. The molecule has 10 nitrogen and oxygen atoms in total. The van der Waals surface area contributed by atoms with Crippen molar-refractivity contribution < 1.29 is 29.7 Å². The summed E-state index contributed by atoms with van der Waals surface area (Å²) in [7, 11) is 0. The average Bonchev–Trinajstić information content (AvgIpc) is 2.73. The number of carbonyl (C=O) groups is 3. The number of unbranched alkanes of at least 4 members (excludes halogenated alkanes) is 1. The molecule has 3 atom stereocenters. The Morgan fingerprint density at radius 2 is 1.31 bits per heavy atom. The normalized spacial score (nSPS) is 12.4. The van der Waals surface area contributed by atoms with Crippen LogP contribution < -0.4 is 22.9 Å². The SMILES string of the molecule is CSCC[C@H](N)C(=O)O.Cl.NCCCC[C@H](N)C(=O)O.N[C@@H](Cc1ccccc1)C(=O)O. The van der Waals surface area contributed by atoms with Crippen molar-refractivity contribution in [1.29, 1.82) is 0 Å². The van der Waals surface area contributed by atoms with Crippen molar-refractivity contribution in [2.45, 2.75) is 50.2 Å². The molecule has 0 aliphatic carbocycles. The van der Waals surface area contributed by atoms with Gasteiger partial charge in [0.1, 0.15) is 18.1 Å². The van der Waals surface area contributed by atoms with Crippen molar-refractivity contribution in [3.8, 4) is 0 Å². The van der Waals surface area contributed by atoms with Crippen LogP contribution in [-0.4, -0.2) is 69.9 Å². The first kappa shape index (κ1) is 34.7. The van der Waals surface area contributed by atoms with Crippen LogP contribution in [-0.2, 0) is 20.8 Å². The Kier molecular flexibility index (Phi) is 24.2. The Morgan fingerprint density at radius 1 is 0.844 bits per heavy atom. The molecule has 1 rings (SSSR count). The second-order valence-corrected chi connectivity index (χ2v) is 7.58. The van der Waals surface area contributed by atoms with Crippen LogP contribution in [0.3, 0.4) is 0 Å². The summed E-state index contributed by atoms with van der Waals surface area (Å²) < 4.78 is 0. The van der Waals surface area contributed by atoms with Crippen LogP contribution in [0.15, 0.2) is 30.3 Å². The van der Waals surface area contributed by atoms with Crippen LogP contribution in [0, 0.1) is 0 Å². The summed E-state index contributed by atoms with van der Waals surface area (Å²) >= 11 is 1.60. The number of halogens is 1. The van der Waals surface area contributed by atoms with Crippen LogP contribution in [0.1, 0.15) is 31.2 Å². The van der Waals surface area contributed by atoms with Crippen LogP contribution in [0.4, 0.5) is 0 Å². The molecule has 1 aromatic rings. The zero-order chi connectivity index (χ0) is 24.2. The molecule has 0 aliphatic heterocycles. The Balaban J connectivity index is -0.000000394. The minimum absolute atomic E-state index is 0. The second-order valence-electron chi connectivity index (χ2n) is 6.59. The number of benzene rings is 1. The van der Waals surface area contributed by atoms with E-state index in [1.54, 1.807) is 11.8 Å². The molecule has 0 saturated heterocycles. The lowest BCUT2D eigenvalue weighted by Gasteiger charge is -2.04. The molecule has 0 bridgehead atoms. The van der Waals surface area contributed by atoms with Gasteiger partial charge in [0.2, 0.25) is 0 Å². The van der Waals surface area contributed by atoms with Crippen molar-refractivity contribution in [2.75, 3.05) is 18.6 Å². The lowest BCUT2D eigenvalue weighted by atomic mass is 10.1. The summed E-state index contributed by atoms with van der Waals surface area (Å²) in [4.78, 5) is 30.6. The minimum Gasteiger partial charge on any atom is -0.480 e. The van der Waals surface area contributed by atoms with Crippen molar-refractivity contribution in [1.82, 2.24) is 0 Å². The Labute approximate surface area is 199 Å². The third kappa shape index (κ3) is 21.3. The predicted molar refractivity (Wildman–Crippen MR) is 130 cm³/mol. The number of hydrogen-bond acceptors (Lipinski definition) is 8. The molecule has 0 unspecified atom stereocenters. The molecular weight excluding hydrogens is 460 g/mol. The standard InChI is InChI=1S/C9H11NO2.C6H14N2O2.C5H11NO2S.ClH/c10-8(9(11)12)6-7-4-2-1-3-5-7;7-4-2-1-3-5(8)6(9)10;1-9-3-2-4(6)5(7)8;/h1-5,8H,6,10H2,(H,11,12);5H,1-4,7-8H2,(H,9,10);4H,2-3,6H2,1H3,(H,7,8);1H/t8-;5-;4-;/m000./s1. The number of carboxylic acid groups (broad SMARTS) is 3. The fraction of sp³-hybridized carbons (Fsp3) is 0.550. The summed E-state index contributed by atoms with van der Waals surface area (Å²) in [5, 5.41) is 25.1. The number of nitrogens with two attached hydrogens (primary N) is 4. The average molecular weight is 497 g/mol. The van der Waals surface area contributed by atoms with Gasteiger partial charge in [0.25, 0.3) is 0 Å². The third-order valence-corrected chi connectivity index (χ3v) is 4.50.